The van der Waals surface area contributed by atoms with Crippen LogP contribution < -0.4 is 0 Å². The number of unbranched alkanes of at least 4 members (excludes halogenated alkanes) is 3. The Labute approximate surface area is 262 Å². The van der Waals surface area contributed by atoms with E-state index in [1.165, 1.54) is 28.5 Å². The highest BCUT2D eigenvalue weighted by Crippen LogP contribution is 2.58. The van der Waals surface area contributed by atoms with Crippen molar-refractivity contribution in [3.63, 3.8) is 0 Å². The number of fused-ring (bicyclic) bond motifs is 2. The number of carbonyl (C=O) groups is 1. The number of rotatable bonds is 15. The zero-order chi connectivity index (χ0) is 30.2. The molecule has 1 aromatic heterocycles. The fourth-order valence-corrected chi connectivity index (χ4v) is 13.1. The topological polar surface area (TPSA) is 54.5 Å². The van der Waals surface area contributed by atoms with Crippen LogP contribution >= 0.6 is 34.9 Å². The van der Waals surface area contributed by atoms with E-state index in [9.17, 15) is 13.2 Å². The molecule has 0 spiro atoms. The second-order valence-electron chi connectivity index (χ2n) is 13.4. The standard InChI is InChI=1S/C33H51NO3S4/c1-9-13-16-22(12-4)21-34-31(35)27-28(40-30(29(27)41(34,36)37)33(7,8)18-15-11-3)25-19-23-24(38-25)20-26(39-23)32(5,6)17-14-10-2/h19-20,22-24H,9-18,21H2,1-8H3. The maximum absolute atomic E-state index is 14.2. The third kappa shape index (κ3) is 6.56. The number of sulfonamides is 1. The third-order valence-electron chi connectivity index (χ3n) is 9.12. The highest BCUT2D eigenvalue weighted by molar-refractivity contribution is 8.12. The van der Waals surface area contributed by atoms with Crippen LogP contribution in [0.3, 0.4) is 0 Å². The molecule has 0 aromatic carbocycles. The first kappa shape index (κ1) is 33.2. The van der Waals surface area contributed by atoms with Gasteiger partial charge in [-0.2, -0.15) is 0 Å². The Bertz CT molecular complexity index is 1290. The lowest BCUT2D eigenvalue weighted by atomic mass is 9.85. The summed E-state index contributed by atoms with van der Waals surface area (Å²) in [7, 11) is -3.89. The smallest absolute Gasteiger partial charge is 0.268 e. The number of thiophene rings is 1. The fourth-order valence-electron chi connectivity index (χ4n) is 6.20. The van der Waals surface area contributed by atoms with Crippen LogP contribution in [0.1, 0.15) is 140 Å². The Morgan fingerprint density at radius 1 is 0.878 bits per heavy atom. The molecule has 1 amide bonds. The Hall–Kier alpha value is -0.700. The molecule has 8 heteroatoms. The highest BCUT2D eigenvalue weighted by Gasteiger charge is 2.50. The van der Waals surface area contributed by atoms with Gasteiger partial charge in [-0.15, -0.1) is 34.9 Å². The lowest BCUT2D eigenvalue weighted by Crippen LogP contribution is -2.35. The van der Waals surface area contributed by atoms with Crippen molar-refractivity contribution in [3.8, 4) is 0 Å². The van der Waals surface area contributed by atoms with Gasteiger partial charge in [0.25, 0.3) is 15.9 Å². The van der Waals surface area contributed by atoms with Crippen LogP contribution in [0.15, 0.2) is 22.0 Å². The van der Waals surface area contributed by atoms with E-state index in [-0.39, 0.29) is 29.2 Å². The summed E-state index contributed by atoms with van der Waals surface area (Å²) in [6.45, 7) is 18.0. The largest absolute Gasteiger partial charge is 0.270 e. The van der Waals surface area contributed by atoms with E-state index in [1.54, 1.807) is 11.3 Å². The van der Waals surface area contributed by atoms with Gasteiger partial charge in [0, 0.05) is 32.2 Å². The second kappa shape index (κ2) is 13.1. The molecule has 0 saturated carbocycles. The SMILES string of the molecule is CCCCC(CC)CN1C(=O)c2c(C3=CC4SC(C(C)(C)CCCC)=CC4S3)sc(C(C)(C)CCCC)c2S1(=O)=O. The van der Waals surface area contributed by atoms with E-state index in [4.69, 9.17) is 0 Å². The van der Waals surface area contributed by atoms with Crippen LogP contribution in [0.25, 0.3) is 4.91 Å². The molecular formula is C33H51NO3S4. The minimum Gasteiger partial charge on any atom is -0.268 e. The van der Waals surface area contributed by atoms with Gasteiger partial charge in [-0.25, -0.2) is 12.7 Å². The molecule has 0 saturated heterocycles. The molecule has 0 radical (unpaired) electrons. The normalized spacial score (nSPS) is 22.6. The summed E-state index contributed by atoms with van der Waals surface area (Å²) in [5, 5.41) is 0.672. The summed E-state index contributed by atoms with van der Waals surface area (Å²) in [6, 6.07) is 0. The van der Waals surface area contributed by atoms with Crippen LogP contribution in [0.4, 0.5) is 0 Å². The van der Waals surface area contributed by atoms with Gasteiger partial charge in [0.05, 0.1) is 10.4 Å². The van der Waals surface area contributed by atoms with E-state index >= 15 is 0 Å². The first-order chi connectivity index (χ1) is 19.3. The second-order valence-corrected chi connectivity index (χ2v) is 18.7. The summed E-state index contributed by atoms with van der Waals surface area (Å²) in [5.41, 5.74) is 0.318. The highest BCUT2D eigenvalue weighted by atomic mass is 32.2. The molecule has 0 aliphatic carbocycles. The summed E-state index contributed by atoms with van der Waals surface area (Å²) in [4.78, 5) is 18.7. The molecule has 3 atom stereocenters. The molecule has 4 nitrogen and oxygen atoms in total. The molecule has 41 heavy (non-hydrogen) atoms. The van der Waals surface area contributed by atoms with Crippen molar-refractivity contribution in [1.82, 2.24) is 4.31 Å². The lowest BCUT2D eigenvalue weighted by Gasteiger charge is -2.26. The molecule has 3 unspecified atom stereocenters. The summed E-state index contributed by atoms with van der Waals surface area (Å²) < 4.78 is 29.6. The van der Waals surface area contributed by atoms with Crippen molar-refractivity contribution in [2.24, 2.45) is 11.3 Å². The number of thioether (sulfide) groups is 2. The van der Waals surface area contributed by atoms with Crippen LogP contribution in [0.2, 0.25) is 0 Å². The van der Waals surface area contributed by atoms with Crippen molar-refractivity contribution in [1.29, 1.82) is 0 Å². The number of amides is 1. The minimum atomic E-state index is -3.89. The predicted octanol–water partition coefficient (Wildman–Crippen LogP) is 10.2. The summed E-state index contributed by atoms with van der Waals surface area (Å²) >= 11 is 5.37. The van der Waals surface area contributed by atoms with Gasteiger partial charge in [0.15, 0.2) is 0 Å². The van der Waals surface area contributed by atoms with Gasteiger partial charge < -0.3 is 0 Å². The number of hydrogen-bond donors (Lipinski definition) is 0. The molecule has 4 heterocycles. The van der Waals surface area contributed by atoms with Crippen LogP contribution in [0.5, 0.6) is 0 Å². The Morgan fingerprint density at radius 3 is 2.07 bits per heavy atom. The Balaban J connectivity index is 1.71. The number of allylic oxidation sites excluding steroid dienone is 1. The molecule has 0 fully saturated rings. The Kier molecular flexibility index (Phi) is 10.6. The monoisotopic (exact) mass is 637 g/mol. The van der Waals surface area contributed by atoms with E-state index in [0.717, 1.165) is 59.6 Å². The molecule has 1 aromatic rings. The van der Waals surface area contributed by atoms with Crippen molar-refractivity contribution in [3.05, 3.63) is 32.4 Å². The van der Waals surface area contributed by atoms with Crippen molar-refractivity contribution in [2.75, 3.05) is 6.54 Å². The van der Waals surface area contributed by atoms with Gasteiger partial charge >= 0.3 is 0 Å². The molecule has 0 bridgehead atoms. The van der Waals surface area contributed by atoms with Gasteiger partial charge in [0.1, 0.15) is 4.90 Å². The number of carbonyl (C=O) groups excluding carboxylic acids is 1. The summed E-state index contributed by atoms with van der Waals surface area (Å²) in [6.07, 6.45) is 15.3. The van der Waals surface area contributed by atoms with Crippen LogP contribution in [0, 0.1) is 11.3 Å². The first-order valence-electron chi connectivity index (χ1n) is 15.8. The van der Waals surface area contributed by atoms with Crippen LogP contribution in [-0.2, 0) is 15.4 Å². The fraction of sp³-hybridized carbons (Fsp3) is 0.727. The predicted molar refractivity (Wildman–Crippen MR) is 181 cm³/mol. The lowest BCUT2D eigenvalue weighted by molar-refractivity contribution is 0.0854. The number of nitrogens with zero attached hydrogens (tertiary/aromatic N) is 1. The average molecular weight is 638 g/mol. The molecule has 230 valence electrons. The maximum Gasteiger partial charge on any atom is 0.270 e. The average Bonchev–Trinajstić information content (AvgIpc) is 3.65. The van der Waals surface area contributed by atoms with Crippen molar-refractivity contribution >= 4 is 55.7 Å². The number of hydrogen-bond acceptors (Lipinski definition) is 6. The quantitative estimate of drug-likeness (QED) is 0.192. The molecular weight excluding hydrogens is 587 g/mol. The molecule has 3 aliphatic rings. The minimum absolute atomic E-state index is 0.179. The summed E-state index contributed by atoms with van der Waals surface area (Å²) in [5.74, 6) is -0.112. The van der Waals surface area contributed by atoms with E-state index in [1.807, 2.05) is 23.5 Å². The van der Waals surface area contributed by atoms with Gasteiger partial charge in [-0.3, -0.25) is 4.79 Å². The zero-order valence-electron chi connectivity index (χ0n) is 26.5. The van der Waals surface area contributed by atoms with Crippen molar-refractivity contribution < 1.29 is 13.2 Å². The van der Waals surface area contributed by atoms with E-state index in [2.05, 4.69) is 67.5 Å². The Morgan fingerprint density at radius 2 is 1.49 bits per heavy atom. The first-order valence-corrected chi connectivity index (χ1v) is 19.9. The molecule has 3 aliphatic heterocycles. The van der Waals surface area contributed by atoms with Gasteiger partial charge in [-0.05, 0) is 35.5 Å². The zero-order valence-corrected chi connectivity index (χ0v) is 29.7. The van der Waals surface area contributed by atoms with Gasteiger partial charge in [-0.1, -0.05) is 112 Å². The van der Waals surface area contributed by atoms with Crippen molar-refractivity contribution in [2.45, 2.75) is 140 Å². The third-order valence-corrected chi connectivity index (χ3v) is 15.9. The van der Waals surface area contributed by atoms with Crippen LogP contribution in [-0.4, -0.2) is 35.7 Å². The van der Waals surface area contributed by atoms with E-state index < -0.39 is 10.0 Å². The maximum atomic E-state index is 14.2. The van der Waals surface area contributed by atoms with Gasteiger partial charge in [0.2, 0.25) is 0 Å². The van der Waals surface area contributed by atoms with E-state index in [0.29, 0.717) is 21.0 Å². The molecule has 4 rings (SSSR count). The molecule has 0 N–H and O–H groups in total.